The maximum atomic E-state index is 9.99. The van der Waals surface area contributed by atoms with Crippen molar-refractivity contribution in [3.63, 3.8) is 0 Å². The van der Waals surface area contributed by atoms with Crippen LogP contribution in [0.4, 0.5) is 0 Å². The number of thiazole rings is 1. The second-order valence-corrected chi connectivity index (χ2v) is 3.35. The van der Waals surface area contributed by atoms with Crippen LogP contribution in [0, 0.1) is 0 Å². The monoisotopic (exact) mass is 199 g/mol. The number of hydrogen-bond donors (Lipinski definition) is 0. The van der Waals surface area contributed by atoms with Gasteiger partial charge in [-0.3, -0.25) is 0 Å². The third-order valence-corrected chi connectivity index (χ3v) is 1.94. The van der Waals surface area contributed by atoms with Crippen LogP contribution in [-0.2, 0) is 11.2 Å². The van der Waals surface area contributed by atoms with Crippen LogP contribution in [0.25, 0.3) is 0 Å². The molecular weight excluding hydrogens is 197 g/mol. The number of aliphatic carboxylic acids is 1. The van der Waals surface area contributed by atoms with Crippen molar-refractivity contribution in [1.82, 2.24) is 4.98 Å². The molecule has 1 aromatic heterocycles. The summed E-state index contributed by atoms with van der Waals surface area (Å²) in [5, 5.41) is 10.5. The Kier molecular flexibility index (Phi) is 5.29. The zero-order valence-corrected chi connectivity index (χ0v) is 9.41. The first-order valence-corrected chi connectivity index (χ1v) is 3.68. The largest absolute Gasteiger partial charge is 1.00 e. The topological polar surface area (TPSA) is 53.0 Å². The summed E-state index contributed by atoms with van der Waals surface area (Å²) in [4.78, 5) is 13.7. The van der Waals surface area contributed by atoms with Gasteiger partial charge >= 0.3 is 29.6 Å². The minimum Gasteiger partial charge on any atom is -0.550 e. The summed E-state index contributed by atoms with van der Waals surface area (Å²) in [6.07, 6.45) is 1.27. The van der Waals surface area contributed by atoms with Crippen LogP contribution < -0.4 is 34.7 Å². The SMILES string of the molecule is O=C([O-])Cc1ncc(Cl)s1.[Na+]. The molecule has 0 unspecified atom stereocenters. The molecule has 0 aliphatic rings. The fourth-order valence-electron chi connectivity index (χ4n) is 0.493. The van der Waals surface area contributed by atoms with Gasteiger partial charge in [0.15, 0.2) is 0 Å². The van der Waals surface area contributed by atoms with E-state index in [0.29, 0.717) is 9.34 Å². The molecule has 1 aromatic rings. The Bertz CT molecular complexity index is 252. The van der Waals surface area contributed by atoms with E-state index in [9.17, 15) is 9.90 Å². The summed E-state index contributed by atoms with van der Waals surface area (Å²) in [6.45, 7) is 0. The van der Waals surface area contributed by atoms with Crippen molar-refractivity contribution in [3.05, 3.63) is 15.5 Å². The standard InChI is InChI=1S/C5H4ClNO2S.Na/c6-3-2-7-4(10-3)1-5(8)9;/h2H,1H2,(H,8,9);/q;+1/p-1. The molecule has 3 nitrogen and oxygen atoms in total. The molecule has 0 aliphatic heterocycles. The van der Waals surface area contributed by atoms with Crippen molar-refractivity contribution in [1.29, 1.82) is 0 Å². The predicted octanol–water partition coefficient (Wildman–Crippen LogP) is -2.91. The van der Waals surface area contributed by atoms with Crippen molar-refractivity contribution in [3.8, 4) is 0 Å². The van der Waals surface area contributed by atoms with E-state index in [1.165, 1.54) is 6.20 Å². The van der Waals surface area contributed by atoms with Crippen LogP contribution in [0.3, 0.4) is 0 Å². The first-order chi connectivity index (χ1) is 4.68. The molecule has 0 atom stereocenters. The Morgan fingerprint density at radius 3 is 2.82 bits per heavy atom. The number of carbonyl (C=O) groups excluding carboxylic acids is 1. The van der Waals surface area contributed by atoms with Gasteiger partial charge < -0.3 is 9.90 Å². The Morgan fingerprint density at radius 2 is 2.45 bits per heavy atom. The molecule has 0 aromatic carbocycles. The fourth-order valence-corrected chi connectivity index (χ4v) is 1.44. The predicted molar refractivity (Wildman–Crippen MR) is 35.8 cm³/mol. The molecule has 0 N–H and O–H groups in total. The molecule has 0 saturated heterocycles. The molecule has 0 radical (unpaired) electrons. The van der Waals surface area contributed by atoms with Crippen LogP contribution in [-0.4, -0.2) is 11.0 Å². The third-order valence-electron chi connectivity index (χ3n) is 0.821. The molecule has 54 valence electrons. The van der Waals surface area contributed by atoms with Gasteiger partial charge in [0.25, 0.3) is 0 Å². The summed E-state index contributed by atoms with van der Waals surface area (Å²) in [5.74, 6) is -1.13. The van der Waals surface area contributed by atoms with Gasteiger partial charge in [-0.1, -0.05) is 11.6 Å². The van der Waals surface area contributed by atoms with Gasteiger partial charge in [-0.2, -0.15) is 0 Å². The average Bonchev–Trinajstić information content (AvgIpc) is 2.13. The van der Waals surface area contributed by atoms with Crippen molar-refractivity contribution < 1.29 is 39.5 Å². The van der Waals surface area contributed by atoms with Gasteiger partial charge in [-0.05, 0) is 0 Å². The van der Waals surface area contributed by atoms with Crippen molar-refractivity contribution in [2.45, 2.75) is 6.42 Å². The number of aromatic nitrogens is 1. The maximum Gasteiger partial charge on any atom is 1.00 e. The normalized spacial score (nSPS) is 8.82. The number of nitrogens with zero attached hydrogens (tertiary/aromatic N) is 1. The second-order valence-electron chi connectivity index (χ2n) is 1.61. The number of rotatable bonds is 2. The van der Waals surface area contributed by atoms with Crippen LogP contribution in [0.5, 0.6) is 0 Å². The van der Waals surface area contributed by atoms with Crippen molar-refractivity contribution >= 4 is 28.9 Å². The van der Waals surface area contributed by atoms with Crippen LogP contribution >= 0.6 is 22.9 Å². The number of halogens is 1. The third kappa shape index (κ3) is 4.08. The van der Waals surface area contributed by atoms with E-state index in [1.54, 1.807) is 0 Å². The minimum absolute atomic E-state index is 0. The molecule has 0 saturated carbocycles. The van der Waals surface area contributed by atoms with E-state index < -0.39 is 5.97 Å². The molecule has 0 bridgehead atoms. The average molecular weight is 200 g/mol. The van der Waals surface area contributed by atoms with Gasteiger partial charge in [0.1, 0.15) is 4.34 Å². The Morgan fingerprint density at radius 1 is 1.82 bits per heavy atom. The zero-order valence-electron chi connectivity index (χ0n) is 5.83. The van der Waals surface area contributed by atoms with Gasteiger partial charge in [-0.15, -0.1) is 11.3 Å². The Hall–Kier alpha value is 0.390. The molecular formula is C5H3ClNNaO2S. The van der Waals surface area contributed by atoms with E-state index in [-0.39, 0.29) is 36.0 Å². The first kappa shape index (κ1) is 11.4. The van der Waals surface area contributed by atoms with E-state index in [1.807, 2.05) is 0 Å². The van der Waals surface area contributed by atoms with Crippen molar-refractivity contribution in [2.75, 3.05) is 0 Å². The molecule has 0 spiro atoms. The maximum absolute atomic E-state index is 9.99. The molecule has 0 fully saturated rings. The van der Waals surface area contributed by atoms with E-state index in [2.05, 4.69) is 4.98 Å². The Balaban J connectivity index is 0.000001000. The summed E-state index contributed by atoms with van der Waals surface area (Å²) in [7, 11) is 0. The van der Waals surface area contributed by atoms with Crippen LogP contribution in [0.15, 0.2) is 6.20 Å². The smallest absolute Gasteiger partial charge is 0.550 e. The fraction of sp³-hybridized carbons (Fsp3) is 0.200. The summed E-state index contributed by atoms with van der Waals surface area (Å²) in [6, 6.07) is 0. The second kappa shape index (κ2) is 5.11. The quantitative estimate of drug-likeness (QED) is 0.480. The van der Waals surface area contributed by atoms with E-state index in [4.69, 9.17) is 11.6 Å². The first-order valence-electron chi connectivity index (χ1n) is 2.48. The zero-order chi connectivity index (χ0) is 7.56. The summed E-state index contributed by atoms with van der Waals surface area (Å²) >= 11 is 6.64. The van der Waals surface area contributed by atoms with Gasteiger partial charge in [0.2, 0.25) is 0 Å². The number of hydrogen-bond acceptors (Lipinski definition) is 4. The number of carboxylic acids is 1. The molecule has 0 aliphatic carbocycles. The van der Waals surface area contributed by atoms with Crippen LogP contribution in [0.2, 0.25) is 4.34 Å². The van der Waals surface area contributed by atoms with Gasteiger partial charge in [0.05, 0.1) is 11.2 Å². The van der Waals surface area contributed by atoms with Crippen LogP contribution in [0.1, 0.15) is 5.01 Å². The minimum atomic E-state index is -1.13. The number of carbonyl (C=O) groups is 1. The van der Waals surface area contributed by atoms with E-state index in [0.717, 1.165) is 11.3 Å². The Labute approximate surface area is 94.7 Å². The molecule has 0 amide bonds. The number of carboxylic acid groups (broad SMARTS) is 1. The molecule has 6 heteroatoms. The summed E-state index contributed by atoms with van der Waals surface area (Å²) < 4.78 is 0.497. The molecule has 1 rings (SSSR count). The molecule has 1 heterocycles. The summed E-state index contributed by atoms with van der Waals surface area (Å²) in [5.41, 5.74) is 0. The van der Waals surface area contributed by atoms with E-state index >= 15 is 0 Å². The van der Waals surface area contributed by atoms with Gasteiger partial charge in [0, 0.05) is 12.4 Å². The van der Waals surface area contributed by atoms with Crippen molar-refractivity contribution in [2.24, 2.45) is 0 Å². The molecule has 11 heavy (non-hydrogen) atoms. The van der Waals surface area contributed by atoms with Gasteiger partial charge in [-0.25, -0.2) is 4.98 Å².